The Balaban J connectivity index is 1.94. The van der Waals surface area contributed by atoms with Crippen molar-refractivity contribution in [3.05, 3.63) is 100 Å². The van der Waals surface area contributed by atoms with Gasteiger partial charge in [-0.15, -0.1) is 0 Å². The van der Waals surface area contributed by atoms with E-state index in [1.165, 1.54) is 12.2 Å². The van der Waals surface area contributed by atoms with Gasteiger partial charge in [-0.3, -0.25) is 9.48 Å². The van der Waals surface area contributed by atoms with Crippen molar-refractivity contribution < 1.29 is 9.50 Å². The Morgan fingerprint density at radius 3 is 2.94 bits per heavy atom. The summed E-state index contributed by atoms with van der Waals surface area (Å²) in [5, 5.41) is 24.6. The number of hydrogen-bond acceptors (Lipinski definition) is 5. The third-order valence-electron chi connectivity index (χ3n) is 5.54. The molecule has 0 fully saturated rings. The molecule has 3 aromatic rings. The first-order valence-corrected chi connectivity index (χ1v) is 9.96. The molecule has 8 heteroatoms. The molecular formula is C24H20FN5O2. The van der Waals surface area contributed by atoms with Crippen LogP contribution >= 0.6 is 0 Å². The number of nitrogens with zero attached hydrogens (tertiary/aromatic N) is 5. The number of aromatic nitrogens is 4. The molecule has 2 atom stereocenters. The van der Waals surface area contributed by atoms with Crippen LogP contribution in [0.3, 0.4) is 0 Å². The molecule has 0 saturated heterocycles. The van der Waals surface area contributed by atoms with Crippen molar-refractivity contribution >= 4 is 0 Å². The average molecular weight is 429 g/mol. The van der Waals surface area contributed by atoms with Crippen LogP contribution in [0.2, 0.25) is 0 Å². The van der Waals surface area contributed by atoms with E-state index < -0.39 is 29.0 Å². The lowest BCUT2D eigenvalue weighted by Gasteiger charge is -2.35. The largest absolute Gasteiger partial charge is 0.503 e. The smallest absolute Gasteiger partial charge is 0.242 e. The van der Waals surface area contributed by atoms with Crippen molar-refractivity contribution in [3.8, 4) is 23.3 Å². The Labute approximate surface area is 183 Å². The van der Waals surface area contributed by atoms with Crippen molar-refractivity contribution in [1.82, 2.24) is 19.3 Å². The molecule has 3 heterocycles. The number of allylic oxidation sites excluding steroid dienone is 5. The first-order chi connectivity index (χ1) is 15.5. The van der Waals surface area contributed by atoms with Gasteiger partial charge in [0.1, 0.15) is 11.5 Å². The Morgan fingerprint density at radius 1 is 1.41 bits per heavy atom. The van der Waals surface area contributed by atoms with E-state index in [2.05, 4.69) is 22.7 Å². The maximum Gasteiger partial charge on any atom is 0.242 e. The molecule has 1 N–H and O–H groups in total. The van der Waals surface area contributed by atoms with Gasteiger partial charge in [0.25, 0.3) is 0 Å². The van der Waals surface area contributed by atoms with Gasteiger partial charge in [0.2, 0.25) is 5.43 Å². The van der Waals surface area contributed by atoms with Gasteiger partial charge >= 0.3 is 0 Å². The summed E-state index contributed by atoms with van der Waals surface area (Å²) >= 11 is 0. The van der Waals surface area contributed by atoms with Crippen LogP contribution in [-0.2, 0) is 6.54 Å². The fourth-order valence-electron chi connectivity index (χ4n) is 4.03. The molecule has 160 valence electrons. The summed E-state index contributed by atoms with van der Waals surface area (Å²) in [5.41, 5.74) is 1.25. The third kappa shape index (κ3) is 3.54. The minimum Gasteiger partial charge on any atom is -0.503 e. The Bertz CT molecular complexity index is 1360. The van der Waals surface area contributed by atoms with E-state index in [1.807, 2.05) is 16.7 Å². The number of rotatable bonds is 5. The van der Waals surface area contributed by atoms with Crippen LogP contribution in [0.5, 0.6) is 5.75 Å². The second kappa shape index (κ2) is 8.47. The molecule has 0 amide bonds. The summed E-state index contributed by atoms with van der Waals surface area (Å²) in [5.74, 6) is -0.961. The van der Waals surface area contributed by atoms with Crippen LogP contribution in [0, 0.1) is 11.3 Å². The summed E-state index contributed by atoms with van der Waals surface area (Å²) in [6.07, 6.45) is 8.59. The topological polar surface area (TPSA) is 96.7 Å². The third-order valence-corrected chi connectivity index (χ3v) is 5.54. The van der Waals surface area contributed by atoms with Crippen LogP contribution in [0.4, 0.5) is 4.39 Å². The summed E-state index contributed by atoms with van der Waals surface area (Å²) in [4.78, 5) is 16.4. The summed E-state index contributed by atoms with van der Waals surface area (Å²) in [6, 6.07) is 8.83. The second-order valence-electron chi connectivity index (χ2n) is 7.38. The molecule has 0 spiro atoms. The normalized spacial score (nSPS) is 16.3. The standard InChI is InChI=1S/C24H20FN5O2/c1-3-17(25)9-8-15(2)21(18-7-5-4-6-16(18)12-26)19-14-29-11-10-27-24(29)22-23(32)20(31)13-28-30(19)22/h3-11,13,19,21,32H,2,14H2,1H3/b9-8-,17-3+/t19-,21+/m1/s1. The Hall–Kier alpha value is -4.25. The molecule has 1 aliphatic rings. The zero-order chi connectivity index (χ0) is 22.8. The summed E-state index contributed by atoms with van der Waals surface area (Å²) in [7, 11) is 0. The van der Waals surface area contributed by atoms with Gasteiger partial charge in [-0.1, -0.05) is 36.9 Å². The highest BCUT2D eigenvalue weighted by Crippen LogP contribution is 2.43. The van der Waals surface area contributed by atoms with Crippen molar-refractivity contribution in [2.24, 2.45) is 0 Å². The van der Waals surface area contributed by atoms with E-state index in [0.717, 1.165) is 6.20 Å². The molecular weight excluding hydrogens is 409 g/mol. The Morgan fingerprint density at radius 2 is 2.19 bits per heavy atom. The lowest BCUT2D eigenvalue weighted by molar-refractivity contribution is 0.331. The molecule has 0 bridgehead atoms. The highest BCUT2D eigenvalue weighted by Gasteiger charge is 2.36. The number of benzene rings is 1. The average Bonchev–Trinajstić information content (AvgIpc) is 3.28. The first kappa shape index (κ1) is 21.0. The van der Waals surface area contributed by atoms with Crippen molar-refractivity contribution in [1.29, 1.82) is 5.26 Å². The Kier molecular flexibility index (Phi) is 5.56. The van der Waals surface area contributed by atoms with E-state index in [-0.39, 0.29) is 5.69 Å². The highest BCUT2D eigenvalue weighted by molar-refractivity contribution is 5.60. The number of aromatic hydroxyl groups is 1. The minimum absolute atomic E-state index is 0.189. The monoisotopic (exact) mass is 429 g/mol. The van der Waals surface area contributed by atoms with E-state index in [0.29, 0.717) is 29.1 Å². The molecule has 0 aliphatic carbocycles. The lowest BCUT2D eigenvalue weighted by atomic mass is 9.82. The zero-order valence-corrected chi connectivity index (χ0v) is 17.3. The summed E-state index contributed by atoms with van der Waals surface area (Å²) < 4.78 is 17.2. The highest BCUT2D eigenvalue weighted by atomic mass is 19.1. The lowest BCUT2D eigenvalue weighted by Crippen LogP contribution is -2.32. The van der Waals surface area contributed by atoms with Gasteiger partial charge < -0.3 is 9.67 Å². The molecule has 0 saturated carbocycles. The van der Waals surface area contributed by atoms with Crippen LogP contribution in [0.1, 0.15) is 30.0 Å². The maximum absolute atomic E-state index is 13.8. The van der Waals surface area contributed by atoms with Crippen LogP contribution in [0.15, 0.2) is 83.9 Å². The molecule has 1 aliphatic heterocycles. The van der Waals surface area contributed by atoms with Crippen LogP contribution < -0.4 is 5.43 Å². The molecule has 2 aromatic heterocycles. The molecule has 7 nitrogen and oxygen atoms in total. The predicted molar refractivity (Wildman–Crippen MR) is 117 cm³/mol. The van der Waals surface area contributed by atoms with E-state index in [4.69, 9.17) is 0 Å². The van der Waals surface area contributed by atoms with Crippen molar-refractivity contribution in [2.45, 2.75) is 25.4 Å². The van der Waals surface area contributed by atoms with Gasteiger partial charge in [0.15, 0.2) is 11.6 Å². The molecule has 32 heavy (non-hydrogen) atoms. The molecule has 4 rings (SSSR count). The minimum atomic E-state index is -0.616. The number of fused-ring (bicyclic) bond motifs is 3. The van der Waals surface area contributed by atoms with Gasteiger partial charge in [-0.25, -0.2) is 9.37 Å². The van der Waals surface area contributed by atoms with Crippen LogP contribution in [-0.4, -0.2) is 24.4 Å². The molecule has 0 radical (unpaired) electrons. The first-order valence-electron chi connectivity index (χ1n) is 9.96. The fraction of sp³-hybridized carbons (Fsp3) is 0.167. The number of imidazole rings is 1. The second-order valence-corrected chi connectivity index (χ2v) is 7.38. The van der Waals surface area contributed by atoms with Gasteiger partial charge in [0.05, 0.1) is 23.9 Å². The van der Waals surface area contributed by atoms with E-state index in [9.17, 15) is 19.6 Å². The van der Waals surface area contributed by atoms with Gasteiger partial charge in [-0.05, 0) is 30.2 Å². The van der Waals surface area contributed by atoms with Crippen molar-refractivity contribution in [2.75, 3.05) is 0 Å². The number of halogens is 1. The SMILES string of the molecule is C=C(/C=C\C(F)=C/C)[C@@H](c1ccccc1C#N)[C@H]1Cn2ccnc2-c2c(O)c(=O)cnn21. The van der Waals surface area contributed by atoms with Crippen molar-refractivity contribution in [3.63, 3.8) is 0 Å². The van der Waals surface area contributed by atoms with E-state index in [1.54, 1.807) is 42.2 Å². The van der Waals surface area contributed by atoms with Crippen LogP contribution in [0.25, 0.3) is 11.5 Å². The quantitative estimate of drug-likeness (QED) is 0.618. The molecule has 0 unspecified atom stereocenters. The molecule has 1 aromatic carbocycles. The zero-order valence-electron chi connectivity index (χ0n) is 17.3. The predicted octanol–water partition coefficient (Wildman–Crippen LogP) is 4.01. The maximum atomic E-state index is 13.8. The summed E-state index contributed by atoms with van der Waals surface area (Å²) in [6.45, 7) is 6.14. The van der Waals surface area contributed by atoms with Gasteiger partial charge in [0, 0.05) is 24.9 Å². The number of hydrogen-bond donors (Lipinski definition) is 1. The number of nitriles is 1. The fourth-order valence-corrected chi connectivity index (χ4v) is 4.03. The van der Waals surface area contributed by atoms with Gasteiger partial charge in [-0.2, -0.15) is 10.4 Å². The van der Waals surface area contributed by atoms with E-state index >= 15 is 0 Å².